The van der Waals surface area contributed by atoms with Gasteiger partial charge in [-0.05, 0) is 54.3 Å². The molecule has 1 aromatic heterocycles. The molecule has 42 heavy (non-hydrogen) atoms. The van der Waals surface area contributed by atoms with E-state index < -0.39 is 16.1 Å². The zero-order valence-electron chi connectivity index (χ0n) is 23.3. The number of fused-ring (bicyclic) bond motifs is 1. The topological polar surface area (TPSA) is 164 Å². The quantitative estimate of drug-likeness (QED) is 0.252. The Bertz CT molecular complexity index is 1640. The van der Waals surface area contributed by atoms with Crippen molar-refractivity contribution in [3.8, 4) is 11.1 Å². The molecule has 1 saturated heterocycles. The van der Waals surface area contributed by atoms with Crippen LogP contribution in [0.5, 0.6) is 0 Å². The number of amidine groups is 1. The fourth-order valence-corrected chi connectivity index (χ4v) is 6.34. The molecule has 0 aliphatic carbocycles. The van der Waals surface area contributed by atoms with Crippen molar-refractivity contribution in [1.82, 2.24) is 14.4 Å². The molecule has 2 aliphatic rings. The first-order valence-electron chi connectivity index (χ1n) is 13.7. The van der Waals surface area contributed by atoms with E-state index in [9.17, 15) is 18.3 Å². The molecule has 11 nitrogen and oxygen atoms in total. The summed E-state index contributed by atoms with van der Waals surface area (Å²) in [7, 11) is -3.79. The second-order valence-corrected chi connectivity index (χ2v) is 12.3. The third-order valence-electron chi connectivity index (χ3n) is 7.10. The number of anilines is 1. The Labute approximate surface area is 245 Å². The largest absolute Gasteiger partial charge is 0.399 e. The van der Waals surface area contributed by atoms with Gasteiger partial charge in [0, 0.05) is 60.8 Å². The molecule has 0 saturated carbocycles. The Hall–Kier alpha value is -4.10. The second-order valence-electron chi connectivity index (χ2n) is 10.4. The van der Waals surface area contributed by atoms with Crippen LogP contribution in [-0.4, -0.2) is 65.4 Å². The summed E-state index contributed by atoms with van der Waals surface area (Å²) in [6, 6.07) is 14.3. The van der Waals surface area contributed by atoms with Crippen LogP contribution >= 0.6 is 0 Å². The number of carbonyl (C=O) groups is 1. The maximum atomic E-state index is 13.5. The minimum Gasteiger partial charge on any atom is -0.399 e. The van der Waals surface area contributed by atoms with Crippen LogP contribution in [0.1, 0.15) is 37.3 Å². The second kappa shape index (κ2) is 12.4. The van der Waals surface area contributed by atoms with Gasteiger partial charge in [0.05, 0.1) is 11.8 Å². The third kappa shape index (κ3) is 6.52. The molecule has 3 aromatic rings. The Balaban J connectivity index is 1.39. The van der Waals surface area contributed by atoms with Gasteiger partial charge >= 0.3 is 0 Å². The van der Waals surface area contributed by atoms with Gasteiger partial charge < -0.3 is 16.6 Å². The average molecular weight is 591 g/mol. The smallest absolute Gasteiger partial charge is 0.273 e. The summed E-state index contributed by atoms with van der Waals surface area (Å²) >= 11 is 0. The van der Waals surface area contributed by atoms with Crippen LogP contribution in [0.3, 0.4) is 0 Å². The normalized spacial score (nSPS) is 17.2. The third-order valence-corrected chi connectivity index (χ3v) is 8.93. The number of carbonyl (C=O) groups excluding carboxylic acids is 1. The number of pyridine rings is 1. The highest BCUT2D eigenvalue weighted by Crippen LogP contribution is 2.33. The highest BCUT2D eigenvalue weighted by molar-refractivity contribution is 7.89. The molecule has 220 valence electrons. The first kappa shape index (κ1) is 29.4. The molecule has 0 radical (unpaired) electrons. The lowest BCUT2D eigenvalue weighted by molar-refractivity contribution is -0.187. The first-order chi connectivity index (χ1) is 20.1. The van der Waals surface area contributed by atoms with Gasteiger partial charge in [-0.1, -0.05) is 31.2 Å². The number of rotatable bonds is 9. The van der Waals surface area contributed by atoms with Crippen molar-refractivity contribution in [3.05, 3.63) is 77.6 Å². The summed E-state index contributed by atoms with van der Waals surface area (Å²) in [6.45, 7) is 2.90. The number of hydrogen-bond acceptors (Lipinski definition) is 9. The zero-order chi connectivity index (χ0) is 29.9. The predicted octanol–water partition coefficient (Wildman–Crippen LogP) is 3.23. The highest BCUT2D eigenvalue weighted by atomic mass is 32.2. The van der Waals surface area contributed by atoms with Crippen LogP contribution in [0.4, 0.5) is 11.4 Å². The van der Waals surface area contributed by atoms with Crippen molar-refractivity contribution in [3.63, 3.8) is 0 Å². The monoisotopic (exact) mass is 590 g/mol. The average Bonchev–Trinajstić information content (AvgIpc) is 3.35. The molecule has 3 heterocycles. The van der Waals surface area contributed by atoms with Crippen molar-refractivity contribution in [2.75, 3.05) is 25.4 Å². The van der Waals surface area contributed by atoms with E-state index in [2.05, 4.69) is 9.98 Å². The number of benzene rings is 2. The van der Waals surface area contributed by atoms with E-state index in [4.69, 9.17) is 16.3 Å². The van der Waals surface area contributed by atoms with E-state index >= 15 is 0 Å². The van der Waals surface area contributed by atoms with E-state index in [1.165, 1.54) is 15.6 Å². The van der Waals surface area contributed by atoms with Gasteiger partial charge in [0.2, 0.25) is 10.0 Å². The van der Waals surface area contributed by atoms with Gasteiger partial charge in [-0.25, -0.2) is 18.5 Å². The van der Waals surface area contributed by atoms with Crippen LogP contribution in [0.25, 0.3) is 17.2 Å². The Morgan fingerprint density at radius 1 is 1.12 bits per heavy atom. The maximum Gasteiger partial charge on any atom is 0.273 e. The number of nitrogen functional groups attached to an aromatic ring is 1. The lowest BCUT2D eigenvalue weighted by atomic mass is 10.0. The van der Waals surface area contributed by atoms with Gasteiger partial charge in [-0.2, -0.15) is 4.31 Å². The molecule has 12 heteroatoms. The van der Waals surface area contributed by atoms with Gasteiger partial charge in [0.1, 0.15) is 17.3 Å². The fourth-order valence-electron chi connectivity index (χ4n) is 4.86. The Morgan fingerprint density at radius 3 is 2.62 bits per heavy atom. The minimum atomic E-state index is -3.79. The number of aliphatic imine (C=N–C) groups is 1. The van der Waals surface area contributed by atoms with E-state index in [0.29, 0.717) is 53.0 Å². The standard InChI is InChI=1S/C30H34N6O5S/c1-2-10-36(41-19-20-3-7-25(31)8-4-20)30(38)23-12-22-6-5-21(14-28(22)34-29(32)15-23)24-13-27(17-33-16-24)42(39,40)35-11-9-26(37)18-35/h3-8,12-14,16-17,26,37H,2,9-11,15,18-19,31H2,1H3,(H2,32,34)/t26-/m1/s1. The number of aliphatic hydroxyl groups is 1. The molecule has 0 bridgehead atoms. The van der Waals surface area contributed by atoms with E-state index in [-0.39, 0.29) is 42.8 Å². The number of aliphatic hydroxyl groups excluding tert-OH is 1. The van der Waals surface area contributed by atoms with Crippen molar-refractivity contribution in [1.29, 1.82) is 0 Å². The van der Waals surface area contributed by atoms with Gasteiger partial charge in [0.15, 0.2) is 0 Å². The molecule has 5 rings (SSSR count). The van der Waals surface area contributed by atoms with Crippen molar-refractivity contribution >= 4 is 39.2 Å². The summed E-state index contributed by atoms with van der Waals surface area (Å²) in [5.41, 5.74) is 16.5. The van der Waals surface area contributed by atoms with Crippen LogP contribution < -0.4 is 11.5 Å². The van der Waals surface area contributed by atoms with Crippen LogP contribution in [0.2, 0.25) is 0 Å². The number of nitrogens with zero attached hydrogens (tertiary/aromatic N) is 4. The zero-order valence-corrected chi connectivity index (χ0v) is 24.1. The molecule has 5 N–H and O–H groups in total. The Kier molecular flexibility index (Phi) is 8.69. The van der Waals surface area contributed by atoms with Crippen LogP contribution in [0, 0.1) is 0 Å². The van der Waals surface area contributed by atoms with E-state index in [1.54, 1.807) is 36.5 Å². The van der Waals surface area contributed by atoms with Crippen LogP contribution in [0.15, 0.2) is 76.4 Å². The summed E-state index contributed by atoms with van der Waals surface area (Å²) in [5, 5.41) is 11.2. The number of amides is 1. The molecule has 2 aliphatic heterocycles. The maximum absolute atomic E-state index is 13.5. The van der Waals surface area contributed by atoms with E-state index in [0.717, 1.165) is 5.56 Å². The highest BCUT2D eigenvalue weighted by Gasteiger charge is 2.32. The number of hydroxylamine groups is 2. The molecule has 1 amide bonds. The summed E-state index contributed by atoms with van der Waals surface area (Å²) in [5.74, 6) is -0.0287. The number of hydrogen-bond donors (Lipinski definition) is 3. The van der Waals surface area contributed by atoms with Crippen LogP contribution in [-0.2, 0) is 26.3 Å². The predicted molar refractivity (Wildman–Crippen MR) is 161 cm³/mol. The number of sulfonamides is 1. The molecular formula is C30H34N6O5S. The lowest BCUT2D eigenvalue weighted by Gasteiger charge is -2.22. The van der Waals surface area contributed by atoms with Crippen molar-refractivity contribution < 1.29 is 23.2 Å². The molecule has 1 atom stereocenters. The van der Waals surface area contributed by atoms with Gasteiger partial charge in [-0.15, -0.1) is 0 Å². The molecule has 0 spiro atoms. The molecular weight excluding hydrogens is 556 g/mol. The lowest BCUT2D eigenvalue weighted by Crippen LogP contribution is -2.34. The summed E-state index contributed by atoms with van der Waals surface area (Å²) in [4.78, 5) is 28.2. The molecule has 0 unspecified atom stereocenters. The Morgan fingerprint density at radius 2 is 1.90 bits per heavy atom. The fraction of sp³-hybridized carbons (Fsp3) is 0.300. The summed E-state index contributed by atoms with van der Waals surface area (Å²) < 4.78 is 27.5. The van der Waals surface area contributed by atoms with Gasteiger partial charge in [0.25, 0.3) is 5.91 Å². The molecule has 2 aromatic carbocycles. The van der Waals surface area contributed by atoms with Crippen molar-refractivity contribution in [2.24, 2.45) is 10.7 Å². The minimum absolute atomic E-state index is 0.0508. The summed E-state index contributed by atoms with van der Waals surface area (Å²) in [6.07, 6.45) is 5.22. The van der Waals surface area contributed by atoms with Gasteiger partial charge in [-0.3, -0.25) is 14.6 Å². The number of β-amino-alcohol motifs (C(OH)–C–C–N with tert-alkyl or cyclic N) is 1. The number of aromatic nitrogens is 1. The SMILES string of the molecule is CCCN(OCc1ccc(N)cc1)C(=O)C1=Cc2ccc(-c3cncc(S(=O)(=O)N4CC[C@@H](O)C4)c3)cc2N=C(N)C1. The van der Waals surface area contributed by atoms with E-state index in [1.807, 2.05) is 31.2 Å². The van der Waals surface area contributed by atoms with Crippen molar-refractivity contribution in [2.45, 2.75) is 43.8 Å². The first-order valence-corrected chi connectivity index (χ1v) is 15.2. The number of nitrogens with two attached hydrogens (primary N) is 2. The molecule has 1 fully saturated rings.